The minimum atomic E-state index is -4.54. The van der Waals surface area contributed by atoms with E-state index < -0.39 is 11.7 Å². The summed E-state index contributed by atoms with van der Waals surface area (Å²) in [6.07, 6.45) is -0.727. The van der Waals surface area contributed by atoms with Crippen molar-refractivity contribution in [3.8, 4) is 18.0 Å². The zero-order valence-electron chi connectivity index (χ0n) is 26.3. The predicted molar refractivity (Wildman–Crippen MR) is 172 cm³/mol. The summed E-state index contributed by atoms with van der Waals surface area (Å²) in [6.45, 7) is 6.66. The fourth-order valence-corrected chi connectivity index (χ4v) is 7.20. The van der Waals surface area contributed by atoms with Gasteiger partial charge in [-0.1, -0.05) is 30.8 Å². The van der Waals surface area contributed by atoms with Crippen LogP contribution in [0, 0.1) is 22.7 Å². The number of nitriles is 2. The van der Waals surface area contributed by atoms with E-state index in [1.54, 1.807) is 29.2 Å². The Morgan fingerprint density at radius 1 is 1.09 bits per heavy atom. The van der Waals surface area contributed by atoms with Gasteiger partial charge in [-0.15, -0.1) is 0 Å². The monoisotopic (exact) mass is 643 g/mol. The van der Waals surface area contributed by atoms with Crippen molar-refractivity contribution in [1.29, 1.82) is 10.5 Å². The van der Waals surface area contributed by atoms with Crippen LogP contribution in [0.1, 0.15) is 41.5 Å². The highest BCUT2D eigenvalue weighted by atomic mass is 19.4. The van der Waals surface area contributed by atoms with Gasteiger partial charge in [-0.3, -0.25) is 4.79 Å². The van der Waals surface area contributed by atoms with E-state index in [0.717, 1.165) is 31.0 Å². The number of ether oxygens (including phenoxy) is 1. The SMILES string of the molecule is C=CC(=O)N1CCN(c2nc(OC[C@@H]3CCCN3C)c(C#N)c3c2CCN(c2cccc4cccc(C(F)(F)F)c24)C3)C[C@H]1CC#N. The number of carbonyl (C=O) groups is 1. The molecule has 0 bridgehead atoms. The van der Waals surface area contributed by atoms with Gasteiger partial charge in [-0.05, 0) is 56.4 Å². The number of anilines is 2. The summed E-state index contributed by atoms with van der Waals surface area (Å²) in [4.78, 5) is 25.3. The number of benzene rings is 2. The van der Waals surface area contributed by atoms with E-state index in [1.807, 2.05) is 16.8 Å². The first-order valence-electron chi connectivity index (χ1n) is 15.8. The van der Waals surface area contributed by atoms with E-state index >= 15 is 0 Å². The number of pyridine rings is 1. The molecule has 12 heteroatoms. The van der Waals surface area contributed by atoms with Crippen molar-refractivity contribution in [3.05, 3.63) is 71.3 Å². The van der Waals surface area contributed by atoms with Crippen molar-refractivity contribution < 1.29 is 22.7 Å². The standard InChI is InChI=1S/C35H36F3N7O2/c1-3-31(46)45-18-17-44(20-24(45)12-14-39)33-26-13-16-43(30-11-5-8-23-7-4-10-29(32(23)30)35(36,37)38)21-28(26)27(19-40)34(41-33)47-22-25-9-6-15-42(25)2/h3-5,7-8,10-11,24-25H,1,6,9,12-13,15-18,20-22H2,2H3/t24-,25+/m1/s1. The van der Waals surface area contributed by atoms with Crippen LogP contribution in [0.4, 0.5) is 24.7 Å². The van der Waals surface area contributed by atoms with Crippen LogP contribution in [0.2, 0.25) is 0 Å². The molecule has 1 amide bonds. The molecule has 2 atom stereocenters. The lowest BCUT2D eigenvalue weighted by Crippen LogP contribution is -2.55. The minimum absolute atomic E-state index is 0.127. The fourth-order valence-electron chi connectivity index (χ4n) is 7.20. The van der Waals surface area contributed by atoms with Crippen LogP contribution in [0.15, 0.2) is 49.1 Å². The molecular formula is C35H36F3N7O2. The molecule has 0 unspecified atom stereocenters. The summed E-state index contributed by atoms with van der Waals surface area (Å²) in [6, 6.07) is 13.6. The fraction of sp³-hybridized carbons (Fsp3) is 0.429. The molecule has 2 fully saturated rings. The number of rotatable bonds is 7. The average Bonchev–Trinajstić information content (AvgIpc) is 3.49. The lowest BCUT2D eigenvalue weighted by molar-refractivity contribution is -0.136. The quantitative estimate of drug-likeness (QED) is 0.321. The summed E-state index contributed by atoms with van der Waals surface area (Å²) >= 11 is 0. The number of carbonyl (C=O) groups excluding carboxylic acids is 1. The second-order valence-electron chi connectivity index (χ2n) is 12.3. The van der Waals surface area contributed by atoms with Gasteiger partial charge in [0.25, 0.3) is 0 Å². The molecule has 2 aromatic carbocycles. The number of hydrogen-bond acceptors (Lipinski definition) is 8. The second-order valence-corrected chi connectivity index (χ2v) is 12.3. The van der Waals surface area contributed by atoms with Crippen LogP contribution >= 0.6 is 0 Å². The Morgan fingerprint density at radius 2 is 1.87 bits per heavy atom. The Bertz CT molecular complexity index is 1770. The highest BCUT2D eigenvalue weighted by molar-refractivity contribution is 5.97. The van der Waals surface area contributed by atoms with Crippen molar-refractivity contribution in [1.82, 2.24) is 14.8 Å². The van der Waals surface area contributed by atoms with Gasteiger partial charge in [-0.25, -0.2) is 0 Å². The van der Waals surface area contributed by atoms with Gasteiger partial charge < -0.3 is 24.3 Å². The first-order valence-corrected chi connectivity index (χ1v) is 15.8. The Kier molecular flexibility index (Phi) is 8.98. The minimum Gasteiger partial charge on any atom is -0.475 e. The lowest BCUT2D eigenvalue weighted by Gasteiger charge is -2.42. The molecule has 3 aliphatic heterocycles. The molecule has 47 heavy (non-hydrogen) atoms. The van der Waals surface area contributed by atoms with Gasteiger partial charge in [0.1, 0.15) is 24.1 Å². The van der Waals surface area contributed by atoms with Gasteiger partial charge in [0.15, 0.2) is 0 Å². The molecule has 0 N–H and O–H groups in total. The Labute approximate surface area is 272 Å². The largest absolute Gasteiger partial charge is 0.475 e. The number of nitrogens with zero attached hydrogens (tertiary/aromatic N) is 7. The molecule has 0 radical (unpaired) electrons. The third-order valence-corrected chi connectivity index (χ3v) is 9.63. The highest BCUT2D eigenvalue weighted by Gasteiger charge is 2.37. The first-order chi connectivity index (χ1) is 22.6. The molecule has 3 aliphatic rings. The van der Waals surface area contributed by atoms with Crippen LogP contribution in [0.3, 0.4) is 0 Å². The van der Waals surface area contributed by atoms with Crippen LogP contribution < -0.4 is 14.5 Å². The smallest absolute Gasteiger partial charge is 0.417 e. The molecule has 6 rings (SSSR count). The third-order valence-electron chi connectivity index (χ3n) is 9.63. The maximum atomic E-state index is 14.2. The van der Waals surface area contributed by atoms with E-state index in [1.165, 1.54) is 12.1 Å². The van der Waals surface area contributed by atoms with Gasteiger partial charge >= 0.3 is 6.18 Å². The summed E-state index contributed by atoms with van der Waals surface area (Å²) < 4.78 is 49.0. The first kappa shape index (κ1) is 32.1. The molecule has 0 aliphatic carbocycles. The number of halogens is 3. The van der Waals surface area contributed by atoms with Crippen LogP contribution in [-0.2, 0) is 23.9 Å². The number of fused-ring (bicyclic) bond motifs is 2. The van der Waals surface area contributed by atoms with E-state index in [9.17, 15) is 28.5 Å². The third kappa shape index (κ3) is 6.18. The van der Waals surface area contributed by atoms with Gasteiger partial charge in [-0.2, -0.15) is 28.7 Å². The summed E-state index contributed by atoms with van der Waals surface area (Å²) in [5.74, 6) is 0.572. The van der Waals surface area contributed by atoms with Crippen molar-refractivity contribution in [3.63, 3.8) is 0 Å². The van der Waals surface area contributed by atoms with E-state index in [0.29, 0.717) is 61.7 Å². The van der Waals surface area contributed by atoms with Crippen molar-refractivity contribution >= 4 is 28.2 Å². The van der Waals surface area contributed by atoms with Crippen molar-refractivity contribution in [2.45, 2.75) is 50.5 Å². The normalized spacial score (nSPS) is 20.1. The Morgan fingerprint density at radius 3 is 2.55 bits per heavy atom. The number of likely N-dealkylation sites (N-methyl/N-ethyl adjacent to an activating group) is 1. The molecule has 0 saturated carbocycles. The Balaban J connectivity index is 1.43. The summed E-state index contributed by atoms with van der Waals surface area (Å²) in [7, 11) is 2.04. The van der Waals surface area contributed by atoms with Gasteiger partial charge in [0, 0.05) is 61.0 Å². The number of aromatic nitrogens is 1. The topological polar surface area (TPSA) is 99.7 Å². The molecule has 2 saturated heterocycles. The maximum Gasteiger partial charge on any atom is 0.417 e. The van der Waals surface area contributed by atoms with Gasteiger partial charge in [0.05, 0.1) is 24.1 Å². The molecule has 0 spiro atoms. The van der Waals surface area contributed by atoms with Crippen molar-refractivity contribution in [2.24, 2.45) is 0 Å². The van der Waals surface area contributed by atoms with Crippen LogP contribution in [0.25, 0.3) is 10.8 Å². The van der Waals surface area contributed by atoms with Crippen LogP contribution in [0.5, 0.6) is 5.88 Å². The number of likely N-dealkylation sites (tertiary alicyclic amines) is 1. The van der Waals surface area contributed by atoms with E-state index in [4.69, 9.17) is 9.72 Å². The maximum absolute atomic E-state index is 14.2. The van der Waals surface area contributed by atoms with Crippen LogP contribution in [-0.4, -0.2) is 79.2 Å². The zero-order chi connectivity index (χ0) is 33.3. The van der Waals surface area contributed by atoms with E-state index in [2.05, 4.69) is 23.6 Å². The second kappa shape index (κ2) is 13.1. The summed E-state index contributed by atoms with van der Waals surface area (Å²) in [5, 5.41) is 20.6. The van der Waals surface area contributed by atoms with E-state index in [-0.39, 0.29) is 47.8 Å². The summed E-state index contributed by atoms with van der Waals surface area (Å²) in [5.41, 5.74) is 1.52. The number of amides is 1. The molecule has 9 nitrogen and oxygen atoms in total. The number of piperazine rings is 1. The molecule has 4 heterocycles. The average molecular weight is 644 g/mol. The highest BCUT2D eigenvalue weighted by Crippen LogP contribution is 2.42. The Hall–Kier alpha value is -4.81. The molecule has 1 aromatic heterocycles. The predicted octanol–water partition coefficient (Wildman–Crippen LogP) is 5.28. The number of alkyl halides is 3. The molecular weight excluding hydrogens is 607 g/mol. The zero-order valence-corrected chi connectivity index (χ0v) is 26.3. The molecule has 3 aromatic rings. The number of hydrogen-bond donors (Lipinski definition) is 0. The van der Waals surface area contributed by atoms with Gasteiger partial charge in [0.2, 0.25) is 11.8 Å². The molecule has 244 valence electrons. The lowest BCUT2D eigenvalue weighted by atomic mass is 9.93. The van der Waals surface area contributed by atoms with Crippen molar-refractivity contribution in [2.75, 3.05) is 56.2 Å².